The van der Waals surface area contributed by atoms with Crippen LogP contribution >= 0.6 is 45.2 Å². The van der Waals surface area contributed by atoms with Gasteiger partial charge in [0.2, 0.25) is 0 Å². The maximum atomic E-state index is 8.59. The maximum Gasteiger partial charge on any atom is 0.152 e. The molecule has 10 heavy (non-hydrogen) atoms. The molecule has 52 valence electrons. The zero-order valence-corrected chi connectivity index (χ0v) is 9.41. The number of hydrogen-bond acceptors (Lipinski definition) is 2. The molecule has 0 N–H and O–H groups in total. The van der Waals surface area contributed by atoms with Gasteiger partial charge in [0.15, 0.2) is 5.69 Å². The summed E-state index contributed by atoms with van der Waals surface area (Å²) in [6.07, 6.45) is 0. The molecular weight excluding hydrogens is 356 g/mol. The van der Waals surface area contributed by atoms with Crippen LogP contribution < -0.4 is 0 Å². The Morgan fingerprint density at radius 1 is 1.60 bits per heavy atom. The molecular formula is C5H3I2N3. The first kappa shape index (κ1) is 8.26. The minimum Gasteiger partial charge on any atom is -0.256 e. The number of aromatic nitrogens is 2. The Labute approximate surface area is 85.7 Å². The van der Waals surface area contributed by atoms with Crippen LogP contribution in [0.15, 0.2) is 0 Å². The molecule has 0 unspecified atom stereocenters. The lowest BCUT2D eigenvalue weighted by Gasteiger charge is -1.86. The van der Waals surface area contributed by atoms with Gasteiger partial charge in [-0.1, -0.05) is 0 Å². The van der Waals surface area contributed by atoms with E-state index in [0.717, 1.165) is 7.27 Å². The van der Waals surface area contributed by atoms with Crippen molar-refractivity contribution in [1.29, 1.82) is 5.26 Å². The van der Waals surface area contributed by atoms with E-state index in [-0.39, 0.29) is 0 Å². The molecule has 0 aliphatic carbocycles. The van der Waals surface area contributed by atoms with Gasteiger partial charge in [-0.2, -0.15) is 10.4 Å². The molecule has 0 bridgehead atoms. The molecule has 1 heterocycles. The Bertz CT molecular complexity index is 297. The quantitative estimate of drug-likeness (QED) is 0.659. The molecule has 0 radical (unpaired) electrons. The monoisotopic (exact) mass is 359 g/mol. The van der Waals surface area contributed by atoms with E-state index in [1.165, 1.54) is 0 Å². The minimum atomic E-state index is 0.630. The fourth-order valence-electron chi connectivity index (χ4n) is 0.587. The van der Waals surface area contributed by atoms with Crippen molar-refractivity contribution < 1.29 is 0 Å². The van der Waals surface area contributed by atoms with E-state index in [9.17, 15) is 0 Å². The lowest BCUT2D eigenvalue weighted by Crippen LogP contribution is -1.93. The predicted molar refractivity (Wildman–Crippen MR) is 53.4 cm³/mol. The van der Waals surface area contributed by atoms with E-state index in [2.05, 4.69) is 56.3 Å². The maximum absolute atomic E-state index is 8.59. The van der Waals surface area contributed by atoms with E-state index >= 15 is 0 Å². The molecule has 0 spiro atoms. The molecule has 5 heteroatoms. The standard InChI is InChI=1S/C5H3I2N3/c1-10-3(2-8)4(6)5(7)9-10/h1H3. The lowest BCUT2D eigenvalue weighted by atomic mass is 10.5. The number of halogens is 2. The third kappa shape index (κ3) is 1.27. The normalized spacial score (nSPS) is 9.40. The van der Waals surface area contributed by atoms with E-state index in [4.69, 9.17) is 5.26 Å². The highest BCUT2D eigenvalue weighted by molar-refractivity contribution is 14.1. The van der Waals surface area contributed by atoms with Gasteiger partial charge in [-0.15, -0.1) is 0 Å². The van der Waals surface area contributed by atoms with Crippen molar-refractivity contribution in [2.45, 2.75) is 0 Å². The molecule has 1 aromatic rings. The van der Waals surface area contributed by atoms with Gasteiger partial charge in [-0.25, -0.2) is 0 Å². The average Bonchev–Trinajstić information content (AvgIpc) is 2.09. The lowest BCUT2D eigenvalue weighted by molar-refractivity contribution is 0.748. The summed E-state index contributed by atoms with van der Waals surface area (Å²) in [7, 11) is 1.77. The Kier molecular flexibility index (Phi) is 2.51. The fourth-order valence-corrected chi connectivity index (χ4v) is 1.74. The molecule has 3 nitrogen and oxygen atoms in total. The van der Waals surface area contributed by atoms with Crippen LogP contribution in [0.3, 0.4) is 0 Å². The van der Waals surface area contributed by atoms with Crippen molar-refractivity contribution in [3.8, 4) is 6.07 Å². The van der Waals surface area contributed by atoms with Gasteiger partial charge in [0.05, 0.1) is 3.57 Å². The minimum absolute atomic E-state index is 0.630. The van der Waals surface area contributed by atoms with E-state index < -0.39 is 0 Å². The van der Waals surface area contributed by atoms with Gasteiger partial charge >= 0.3 is 0 Å². The summed E-state index contributed by atoms with van der Waals surface area (Å²) in [5.74, 6) is 0. The van der Waals surface area contributed by atoms with E-state index in [1.807, 2.05) is 0 Å². The van der Waals surface area contributed by atoms with Crippen LogP contribution in [-0.2, 0) is 7.05 Å². The van der Waals surface area contributed by atoms with Crippen molar-refractivity contribution in [2.75, 3.05) is 0 Å². The van der Waals surface area contributed by atoms with Crippen molar-refractivity contribution in [1.82, 2.24) is 9.78 Å². The summed E-state index contributed by atoms with van der Waals surface area (Å²) in [4.78, 5) is 0. The highest BCUT2D eigenvalue weighted by Crippen LogP contribution is 2.16. The van der Waals surface area contributed by atoms with Crippen LogP contribution in [0.2, 0.25) is 0 Å². The van der Waals surface area contributed by atoms with Gasteiger partial charge in [-0.05, 0) is 45.2 Å². The molecule has 0 saturated carbocycles. The highest BCUT2D eigenvalue weighted by Gasteiger charge is 2.09. The number of rotatable bonds is 0. The average molecular weight is 359 g/mol. The molecule has 0 aromatic carbocycles. The third-order valence-electron chi connectivity index (χ3n) is 1.06. The van der Waals surface area contributed by atoms with Gasteiger partial charge in [0, 0.05) is 7.05 Å². The number of aryl methyl sites for hydroxylation is 1. The van der Waals surface area contributed by atoms with Crippen LogP contribution in [0.4, 0.5) is 0 Å². The van der Waals surface area contributed by atoms with Gasteiger partial charge in [-0.3, -0.25) is 4.68 Å². The number of nitriles is 1. The summed E-state index contributed by atoms with van der Waals surface area (Å²) < 4.78 is 3.41. The SMILES string of the molecule is Cn1nc(I)c(I)c1C#N. The fraction of sp³-hybridized carbons (Fsp3) is 0.200. The zero-order chi connectivity index (χ0) is 7.72. The van der Waals surface area contributed by atoms with Crippen LogP contribution in [0, 0.1) is 18.6 Å². The van der Waals surface area contributed by atoms with Crippen LogP contribution in [-0.4, -0.2) is 9.78 Å². The third-order valence-corrected chi connectivity index (χ3v) is 3.87. The topological polar surface area (TPSA) is 41.6 Å². The van der Waals surface area contributed by atoms with Crippen molar-refractivity contribution in [3.05, 3.63) is 13.0 Å². The number of nitrogens with zero attached hydrogens (tertiary/aromatic N) is 3. The molecule has 0 atom stereocenters. The second-order valence-electron chi connectivity index (χ2n) is 1.69. The van der Waals surface area contributed by atoms with E-state index in [0.29, 0.717) is 5.69 Å². The molecule has 0 aliphatic heterocycles. The Hall–Kier alpha value is 0.160. The second-order valence-corrected chi connectivity index (χ2v) is 3.79. The molecule has 1 rings (SSSR count). The largest absolute Gasteiger partial charge is 0.256 e. The van der Waals surface area contributed by atoms with Crippen LogP contribution in [0.25, 0.3) is 0 Å². The van der Waals surface area contributed by atoms with Gasteiger partial charge in [0.25, 0.3) is 0 Å². The van der Waals surface area contributed by atoms with Gasteiger partial charge < -0.3 is 0 Å². The zero-order valence-electron chi connectivity index (χ0n) is 5.10. The summed E-state index contributed by atoms with van der Waals surface area (Å²) in [6.45, 7) is 0. The molecule has 0 amide bonds. The predicted octanol–water partition coefficient (Wildman–Crippen LogP) is 1.50. The smallest absolute Gasteiger partial charge is 0.152 e. The first-order valence-corrected chi connectivity index (χ1v) is 4.60. The Morgan fingerprint density at radius 3 is 2.40 bits per heavy atom. The summed E-state index contributed by atoms with van der Waals surface area (Å²) in [5.41, 5.74) is 0.630. The second kappa shape index (κ2) is 3.04. The van der Waals surface area contributed by atoms with Crippen molar-refractivity contribution in [3.63, 3.8) is 0 Å². The van der Waals surface area contributed by atoms with Crippen molar-refractivity contribution >= 4 is 45.2 Å². The Balaban J connectivity index is 3.37. The van der Waals surface area contributed by atoms with E-state index in [1.54, 1.807) is 11.7 Å². The summed E-state index contributed by atoms with van der Waals surface area (Å²) >= 11 is 4.22. The molecule has 0 fully saturated rings. The van der Waals surface area contributed by atoms with Crippen LogP contribution in [0.5, 0.6) is 0 Å². The number of hydrogen-bond donors (Lipinski definition) is 0. The first-order chi connectivity index (χ1) is 4.66. The molecule has 0 saturated heterocycles. The summed E-state index contributed by atoms with van der Waals surface area (Å²) in [5, 5.41) is 12.6. The summed E-state index contributed by atoms with van der Waals surface area (Å²) in [6, 6.07) is 2.07. The van der Waals surface area contributed by atoms with Crippen LogP contribution in [0.1, 0.15) is 5.69 Å². The first-order valence-electron chi connectivity index (χ1n) is 2.45. The molecule has 1 aromatic heterocycles. The van der Waals surface area contributed by atoms with Gasteiger partial charge in [0.1, 0.15) is 9.77 Å². The molecule has 0 aliphatic rings. The highest BCUT2D eigenvalue weighted by atomic mass is 127. The Morgan fingerprint density at radius 2 is 2.20 bits per heavy atom. The van der Waals surface area contributed by atoms with Crippen molar-refractivity contribution in [2.24, 2.45) is 7.05 Å².